The van der Waals surface area contributed by atoms with Gasteiger partial charge >= 0.3 is 6.18 Å². The Balaban J connectivity index is 0.000000309. The van der Waals surface area contributed by atoms with Crippen molar-refractivity contribution in [3.05, 3.63) is 0 Å². The molecule has 0 aliphatic heterocycles. The molecule has 0 spiro atoms. The molecule has 0 saturated heterocycles. The molecule has 3 nitrogen and oxygen atoms in total. The SMILES string of the molecule is CC(C)(C)C1(O)CCC(C(F)(F)F)CC1.CC(C)(C)C1(O)CCC(F)(F)CC1.CC1(F)CCC(OC(C)(C)C)CC1. The molecule has 41 heavy (non-hydrogen) atoms. The fourth-order valence-electron chi connectivity index (χ4n) is 5.76. The van der Waals surface area contributed by atoms with Crippen LogP contribution in [-0.2, 0) is 4.74 Å². The topological polar surface area (TPSA) is 49.7 Å². The van der Waals surface area contributed by atoms with Crippen molar-refractivity contribution < 1.29 is 41.3 Å². The summed E-state index contributed by atoms with van der Waals surface area (Å²) in [5, 5.41) is 20.3. The molecule has 3 fully saturated rings. The van der Waals surface area contributed by atoms with E-state index in [2.05, 4.69) is 20.8 Å². The van der Waals surface area contributed by atoms with E-state index < -0.39 is 34.9 Å². The van der Waals surface area contributed by atoms with Gasteiger partial charge in [0.2, 0.25) is 5.92 Å². The fourth-order valence-corrected chi connectivity index (χ4v) is 5.76. The monoisotopic (exact) mass is 604 g/mol. The predicted octanol–water partition coefficient (Wildman–Crippen LogP) is 9.96. The second kappa shape index (κ2) is 13.2. The number of ether oxygens (including phenoxy) is 1. The molecule has 0 aromatic rings. The molecule has 0 unspecified atom stereocenters. The van der Waals surface area contributed by atoms with Crippen LogP contribution in [-0.4, -0.2) is 50.9 Å². The summed E-state index contributed by atoms with van der Waals surface area (Å²) in [6.45, 7) is 19.2. The Bertz CT molecular complexity index is 774. The number of rotatable bonds is 1. The summed E-state index contributed by atoms with van der Waals surface area (Å²) in [6.07, 6.45) is -0.136. The van der Waals surface area contributed by atoms with Crippen molar-refractivity contribution in [2.45, 2.75) is 187 Å². The minimum Gasteiger partial charge on any atom is -0.389 e. The van der Waals surface area contributed by atoms with Crippen LogP contribution in [0.2, 0.25) is 0 Å². The molecule has 0 aromatic heterocycles. The van der Waals surface area contributed by atoms with E-state index in [0.29, 0.717) is 12.8 Å². The quantitative estimate of drug-likeness (QED) is 0.293. The molecule has 3 aliphatic carbocycles. The Morgan fingerprint density at radius 2 is 0.951 bits per heavy atom. The van der Waals surface area contributed by atoms with Crippen LogP contribution in [0.15, 0.2) is 0 Å². The predicted molar refractivity (Wildman–Crippen MR) is 153 cm³/mol. The number of hydrogen-bond donors (Lipinski definition) is 2. The minimum absolute atomic E-state index is 0.0528. The van der Waals surface area contributed by atoms with Gasteiger partial charge in [0.25, 0.3) is 0 Å². The summed E-state index contributed by atoms with van der Waals surface area (Å²) in [5.41, 5.74) is -3.52. The molecule has 3 saturated carbocycles. The molecular formula is C32H58F6O3. The minimum atomic E-state index is -4.10. The van der Waals surface area contributed by atoms with E-state index >= 15 is 0 Å². The molecule has 0 bridgehead atoms. The molecule has 2 N–H and O–H groups in total. The molecule has 0 atom stereocenters. The average Bonchev–Trinajstić information content (AvgIpc) is 2.76. The van der Waals surface area contributed by atoms with Gasteiger partial charge in [0.15, 0.2) is 0 Å². The maximum atomic E-state index is 13.4. The van der Waals surface area contributed by atoms with Crippen molar-refractivity contribution in [1.82, 2.24) is 0 Å². The third-order valence-corrected chi connectivity index (χ3v) is 9.37. The molecule has 0 amide bonds. The fraction of sp³-hybridized carbons (Fsp3) is 1.00. The lowest BCUT2D eigenvalue weighted by Gasteiger charge is -2.45. The maximum Gasteiger partial charge on any atom is 0.391 e. The van der Waals surface area contributed by atoms with E-state index in [0.717, 1.165) is 12.8 Å². The lowest BCUT2D eigenvalue weighted by Crippen LogP contribution is -2.47. The van der Waals surface area contributed by atoms with Crippen molar-refractivity contribution in [2.24, 2.45) is 16.7 Å². The third kappa shape index (κ3) is 12.5. The average molecular weight is 605 g/mol. The van der Waals surface area contributed by atoms with Gasteiger partial charge in [0.05, 0.1) is 28.8 Å². The summed E-state index contributed by atoms with van der Waals surface area (Å²) in [6, 6.07) is 0. The number of aliphatic hydroxyl groups is 2. The Morgan fingerprint density at radius 1 is 0.585 bits per heavy atom. The molecule has 0 radical (unpaired) electrons. The highest BCUT2D eigenvalue weighted by molar-refractivity contribution is 4.97. The number of halogens is 6. The molecule has 246 valence electrons. The van der Waals surface area contributed by atoms with Crippen molar-refractivity contribution >= 4 is 0 Å². The second-order valence-corrected chi connectivity index (χ2v) is 16.1. The van der Waals surface area contributed by atoms with Crippen molar-refractivity contribution in [2.75, 3.05) is 0 Å². The molecule has 9 heteroatoms. The number of hydrogen-bond acceptors (Lipinski definition) is 3. The van der Waals surface area contributed by atoms with Gasteiger partial charge in [-0.05, 0) is 103 Å². The van der Waals surface area contributed by atoms with Crippen LogP contribution in [0.5, 0.6) is 0 Å². The van der Waals surface area contributed by atoms with E-state index in [9.17, 15) is 36.6 Å². The van der Waals surface area contributed by atoms with Gasteiger partial charge in [-0.3, -0.25) is 0 Å². The van der Waals surface area contributed by atoms with Gasteiger partial charge in [-0.15, -0.1) is 0 Å². The van der Waals surface area contributed by atoms with Crippen LogP contribution < -0.4 is 0 Å². The van der Waals surface area contributed by atoms with Gasteiger partial charge in [0, 0.05) is 12.8 Å². The van der Waals surface area contributed by atoms with E-state index in [-0.39, 0.29) is 73.9 Å². The highest BCUT2D eigenvalue weighted by Crippen LogP contribution is 2.48. The van der Waals surface area contributed by atoms with E-state index in [1.54, 1.807) is 6.92 Å². The summed E-state index contributed by atoms with van der Waals surface area (Å²) in [4.78, 5) is 0. The second-order valence-electron chi connectivity index (χ2n) is 16.1. The van der Waals surface area contributed by atoms with E-state index in [1.165, 1.54) is 0 Å². The van der Waals surface area contributed by atoms with Gasteiger partial charge in [-0.2, -0.15) is 13.2 Å². The third-order valence-electron chi connectivity index (χ3n) is 9.37. The Hall–Kier alpha value is -0.540. The first-order valence-corrected chi connectivity index (χ1v) is 15.3. The van der Waals surface area contributed by atoms with Gasteiger partial charge in [-0.25, -0.2) is 13.2 Å². The van der Waals surface area contributed by atoms with Gasteiger partial charge in [-0.1, -0.05) is 41.5 Å². The Morgan fingerprint density at radius 3 is 1.27 bits per heavy atom. The molecule has 3 aliphatic rings. The van der Waals surface area contributed by atoms with Crippen LogP contribution in [0.3, 0.4) is 0 Å². The lowest BCUT2D eigenvalue weighted by atomic mass is 9.66. The summed E-state index contributed by atoms with van der Waals surface area (Å²) >= 11 is 0. The molecule has 3 rings (SSSR count). The summed E-state index contributed by atoms with van der Waals surface area (Å²) in [7, 11) is 0. The zero-order valence-corrected chi connectivity index (χ0v) is 27.2. The zero-order valence-electron chi connectivity index (χ0n) is 27.2. The van der Waals surface area contributed by atoms with E-state index in [4.69, 9.17) is 4.74 Å². The molecule has 0 aromatic carbocycles. The lowest BCUT2D eigenvalue weighted by molar-refractivity contribution is -0.200. The van der Waals surface area contributed by atoms with Crippen LogP contribution in [0.25, 0.3) is 0 Å². The van der Waals surface area contributed by atoms with Crippen LogP contribution in [0, 0.1) is 16.7 Å². The van der Waals surface area contributed by atoms with Crippen molar-refractivity contribution in [1.29, 1.82) is 0 Å². The highest BCUT2D eigenvalue weighted by Gasteiger charge is 2.49. The first-order valence-electron chi connectivity index (χ1n) is 15.3. The first kappa shape index (κ1) is 38.5. The molecular weight excluding hydrogens is 546 g/mol. The van der Waals surface area contributed by atoms with Crippen LogP contribution in [0.1, 0.15) is 146 Å². The van der Waals surface area contributed by atoms with Gasteiger partial charge < -0.3 is 14.9 Å². The summed E-state index contributed by atoms with van der Waals surface area (Å²) in [5.74, 6) is -3.78. The normalized spacial score (nSPS) is 32.6. The smallest absolute Gasteiger partial charge is 0.389 e. The van der Waals surface area contributed by atoms with E-state index in [1.807, 2.05) is 41.5 Å². The summed E-state index contributed by atoms with van der Waals surface area (Å²) < 4.78 is 82.1. The largest absolute Gasteiger partial charge is 0.391 e. The maximum absolute atomic E-state index is 13.4. The van der Waals surface area contributed by atoms with Crippen LogP contribution in [0.4, 0.5) is 26.3 Å². The van der Waals surface area contributed by atoms with Crippen LogP contribution >= 0.6 is 0 Å². The Kier molecular flexibility index (Phi) is 12.4. The van der Waals surface area contributed by atoms with Crippen molar-refractivity contribution in [3.63, 3.8) is 0 Å². The van der Waals surface area contributed by atoms with Crippen molar-refractivity contribution in [3.8, 4) is 0 Å². The standard InChI is InChI=1S/C11H19F3O.C11H21FO.C10H18F2O/c1-9(2,3)10(15)6-4-8(5-7-10)11(12,13)14;1-10(2,3)13-9-5-7-11(4,12)8-6-9;1-8(2,3)9(13)4-6-10(11,12)7-5-9/h8,15H,4-7H2,1-3H3;9H,5-8H2,1-4H3;13H,4-7H2,1-3H3. The van der Waals surface area contributed by atoms with Gasteiger partial charge in [0.1, 0.15) is 5.67 Å². The number of alkyl halides is 6. The Labute approximate surface area is 245 Å². The first-order chi connectivity index (χ1) is 18.0. The molecule has 0 heterocycles. The highest BCUT2D eigenvalue weighted by atomic mass is 19.4. The zero-order chi connectivity index (χ0) is 32.3.